The van der Waals surface area contributed by atoms with Gasteiger partial charge in [-0.15, -0.1) is 0 Å². The number of ether oxygens (including phenoxy) is 1. The number of rotatable bonds is 8. The lowest BCUT2D eigenvalue weighted by Gasteiger charge is -2.30. The fraction of sp³-hybridized carbons (Fsp3) is 0.500. The molecular formula is C20H27N3O5. The van der Waals surface area contributed by atoms with Crippen molar-refractivity contribution in [1.29, 1.82) is 0 Å². The minimum absolute atomic E-state index is 0.117. The molecule has 1 aliphatic rings. The number of nitrogens with zero attached hydrogens (tertiary/aromatic N) is 3. The summed E-state index contributed by atoms with van der Waals surface area (Å²) in [4.78, 5) is 39.1. The van der Waals surface area contributed by atoms with Crippen molar-refractivity contribution in [1.82, 2.24) is 4.90 Å². The average molecular weight is 389 g/mol. The van der Waals surface area contributed by atoms with Gasteiger partial charge in [-0.3, -0.25) is 14.9 Å². The summed E-state index contributed by atoms with van der Waals surface area (Å²) in [7, 11) is 0. The average Bonchev–Trinajstić information content (AvgIpc) is 2.69. The van der Waals surface area contributed by atoms with Gasteiger partial charge in [-0.1, -0.05) is 12.2 Å². The zero-order valence-corrected chi connectivity index (χ0v) is 16.5. The van der Waals surface area contributed by atoms with Gasteiger partial charge < -0.3 is 14.5 Å². The highest BCUT2D eigenvalue weighted by atomic mass is 16.6. The molecular weight excluding hydrogens is 362 g/mol. The molecule has 8 nitrogen and oxygen atoms in total. The van der Waals surface area contributed by atoms with Crippen LogP contribution in [0.1, 0.15) is 43.5 Å². The number of esters is 1. The molecule has 0 bridgehead atoms. The van der Waals surface area contributed by atoms with E-state index in [-0.39, 0.29) is 17.2 Å². The molecule has 1 fully saturated rings. The molecule has 0 atom stereocenters. The number of benzene rings is 1. The second-order valence-electron chi connectivity index (χ2n) is 6.95. The summed E-state index contributed by atoms with van der Waals surface area (Å²) in [6.07, 6.45) is 3.11. The lowest BCUT2D eigenvalue weighted by Crippen LogP contribution is -2.36. The Kier molecular flexibility index (Phi) is 7.54. The van der Waals surface area contributed by atoms with Crippen LogP contribution in [0.2, 0.25) is 0 Å². The summed E-state index contributed by atoms with van der Waals surface area (Å²) in [6.45, 7) is 9.44. The maximum absolute atomic E-state index is 12.7. The smallest absolute Gasteiger partial charge is 0.341 e. The summed E-state index contributed by atoms with van der Waals surface area (Å²) in [5.41, 5.74) is 1.37. The molecule has 1 saturated heterocycles. The Bertz CT molecular complexity index is 756. The molecule has 0 unspecified atom stereocenters. The maximum Gasteiger partial charge on any atom is 0.341 e. The number of carbonyl (C=O) groups is 2. The fourth-order valence-electron chi connectivity index (χ4n) is 3.21. The fourth-order valence-corrected chi connectivity index (χ4v) is 3.21. The lowest BCUT2D eigenvalue weighted by atomic mass is 10.1. The topological polar surface area (TPSA) is 93.0 Å². The van der Waals surface area contributed by atoms with Gasteiger partial charge in [0.1, 0.15) is 0 Å². The molecule has 1 aromatic rings. The van der Waals surface area contributed by atoms with Crippen LogP contribution in [0.25, 0.3) is 0 Å². The Morgan fingerprint density at radius 1 is 1.29 bits per heavy atom. The van der Waals surface area contributed by atoms with Gasteiger partial charge in [-0.25, -0.2) is 4.79 Å². The highest BCUT2D eigenvalue weighted by molar-refractivity contribution is 5.97. The minimum Gasteiger partial charge on any atom is -0.452 e. The number of non-ortho nitro benzene ring substituents is 1. The van der Waals surface area contributed by atoms with Gasteiger partial charge in [0.05, 0.1) is 16.2 Å². The predicted octanol–water partition coefficient (Wildman–Crippen LogP) is 3.17. The van der Waals surface area contributed by atoms with Crippen LogP contribution in [0.4, 0.5) is 11.4 Å². The van der Waals surface area contributed by atoms with Crippen LogP contribution in [0.15, 0.2) is 30.4 Å². The van der Waals surface area contributed by atoms with E-state index in [9.17, 15) is 19.7 Å². The van der Waals surface area contributed by atoms with E-state index >= 15 is 0 Å². The molecule has 2 rings (SSSR count). The van der Waals surface area contributed by atoms with E-state index in [1.54, 1.807) is 6.07 Å². The van der Waals surface area contributed by atoms with Gasteiger partial charge in [0.15, 0.2) is 6.61 Å². The Morgan fingerprint density at radius 2 is 1.96 bits per heavy atom. The molecule has 152 valence electrons. The first-order valence-electron chi connectivity index (χ1n) is 9.46. The van der Waals surface area contributed by atoms with Gasteiger partial charge in [-0.2, -0.15) is 0 Å². The molecule has 8 heteroatoms. The number of amides is 1. The summed E-state index contributed by atoms with van der Waals surface area (Å²) in [6, 6.07) is 4.20. The van der Waals surface area contributed by atoms with Crippen LogP contribution in [0.3, 0.4) is 0 Å². The first-order valence-corrected chi connectivity index (χ1v) is 9.46. The van der Waals surface area contributed by atoms with Crippen molar-refractivity contribution in [2.75, 3.05) is 37.7 Å². The molecule has 1 aliphatic heterocycles. The number of anilines is 1. The molecule has 1 amide bonds. The SMILES string of the molecule is C=C(C)CN(CC)C(=O)COC(=O)c1cc([N+](=O)[O-])ccc1N1CCCCC1. The highest BCUT2D eigenvalue weighted by Crippen LogP contribution is 2.28. The van der Waals surface area contributed by atoms with E-state index in [1.807, 2.05) is 18.7 Å². The van der Waals surface area contributed by atoms with Gasteiger partial charge in [-0.05, 0) is 39.2 Å². The zero-order chi connectivity index (χ0) is 20.7. The molecule has 0 aliphatic carbocycles. The van der Waals surface area contributed by atoms with Crippen LogP contribution in [0, 0.1) is 10.1 Å². The van der Waals surface area contributed by atoms with Crippen LogP contribution in [-0.4, -0.2) is 54.5 Å². The number of nitro groups is 1. The zero-order valence-electron chi connectivity index (χ0n) is 16.5. The van der Waals surface area contributed by atoms with Crippen LogP contribution in [-0.2, 0) is 9.53 Å². The van der Waals surface area contributed by atoms with E-state index in [2.05, 4.69) is 6.58 Å². The quantitative estimate of drug-likeness (QED) is 0.293. The van der Waals surface area contributed by atoms with Crippen molar-refractivity contribution in [2.24, 2.45) is 0 Å². The second-order valence-corrected chi connectivity index (χ2v) is 6.95. The number of piperidine rings is 1. The molecule has 0 spiro atoms. The maximum atomic E-state index is 12.7. The molecule has 0 saturated carbocycles. The van der Waals surface area contributed by atoms with E-state index in [1.165, 1.54) is 17.0 Å². The summed E-state index contributed by atoms with van der Waals surface area (Å²) in [5, 5.41) is 11.1. The van der Waals surface area contributed by atoms with Gasteiger partial charge in [0.25, 0.3) is 11.6 Å². The summed E-state index contributed by atoms with van der Waals surface area (Å²) in [5.74, 6) is -1.06. The largest absolute Gasteiger partial charge is 0.452 e. The molecule has 1 heterocycles. The Labute approximate surface area is 164 Å². The number of likely N-dealkylation sites (N-methyl/N-ethyl adjacent to an activating group) is 1. The normalized spacial score (nSPS) is 13.7. The Balaban J connectivity index is 2.17. The molecule has 0 radical (unpaired) electrons. The lowest BCUT2D eigenvalue weighted by molar-refractivity contribution is -0.384. The minimum atomic E-state index is -0.732. The Morgan fingerprint density at radius 3 is 2.54 bits per heavy atom. The van der Waals surface area contributed by atoms with Crippen LogP contribution in [0.5, 0.6) is 0 Å². The van der Waals surface area contributed by atoms with Crippen molar-refractivity contribution >= 4 is 23.3 Å². The van der Waals surface area contributed by atoms with E-state index in [4.69, 9.17) is 4.74 Å². The molecule has 0 aromatic heterocycles. The number of hydrogen-bond donors (Lipinski definition) is 0. The van der Waals surface area contributed by atoms with Crippen LogP contribution < -0.4 is 4.90 Å². The van der Waals surface area contributed by atoms with Crippen molar-refractivity contribution in [3.63, 3.8) is 0 Å². The first-order chi connectivity index (χ1) is 13.3. The first kappa shape index (κ1) is 21.4. The molecule has 1 aromatic carbocycles. The third-order valence-corrected chi connectivity index (χ3v) is 4.63. The van der Waals surface area contributed by atoms with E-state index in [0.29, 0.717) is 18.8 Å². The van der Waals surface area contributed by atoms with Gasteiger partial charge >= 0.3 is 5.97 Å². The van der Waals surface area contributed by atoms with Crippen molar-refractivity contribution in [3.8, 4) is 0 Å². The monoisotopic (exact) mass is 389 g/mol. The van der Waals surface area contributed by atoms with Crippen LogP contribution >= 0.6 is 0 Å². The molecule has 28 heavy (non-hydrogen) atoms. The number of carbonyl (C=O) groups excluding carboxylic acids is 2. The standard InChI is InChI=1S/C20H27N3O5/c1-4-21(13-15(2)3)19(24)14-28-20(25)17-12-16(23(26)27)8-9-18(17)22-10-6-5-7-11-22/h8-9,12H,2,4-7,10-11,13-14H2,1,3H3. The third kappa shape index (κ3) is 5.55. The van der Waals surface area contributed by atoms with Gasteiger partial charge in [0, 0.05) is 38.3 Å². The molecule has 0 N–H and O–H groups in total. The summed E-state index contributed by atoms with van der Waals surface area (Å²) < 4.78 is 5.21. The summed E-state index contributed by atoms with van der Waals surface area (Å²) >= 11 is 0. The Hall–Kier alpha value is -2.90. The third-order valence-electron chi connectivity index (χ3n) is 4.63. The van der Waals surface area contributed by atoms with Gasteiger partial charge in [0.2, 0.25) is 0 Å². The van der Waals surface area contributed by atoms with E-state index in [0.717, 1.165) is 37.9 Å². The number of nitro benzene ring substituents is 1. The highest BCUT2D eigenvalue weighted by Gasteiger charge is 2.24. The second kappa shape index (κ2) is 9.87. The van der Waals surface area contributed by atoms with Crippen molar-refractivity contribution in [2.45, 2.75) is 33.1 Å². The predicted molar refractivity (Wildman–Crippen MR) is 107 cm³/mol. The van der Waals surface area contributed by atoms with E-state index < -0.39 is 17.5 Å². The van der Waals surface area contributed by atoms with Crippen molar-refractivity contribution in [3.05, 3.63) is 46.0 Å². The van der Waals surface area contributed by atoms with Crippen molar-refractivity contribution < 1.29 is 19.2 Å². The number of hydrogen-bond acceptors (Lipinski definition) is 6.